The monoisotopic (exact) mass is 402 g/mol. The van der Waals surface area contributed by atoms with Gasteiger partial charge >= 0.3 is 0 Å². The first kappa shape index (κ1) is 22.5. The third-order valence-corrected chi connectivity index (χ3v) is 4.37. The molecule has 0 radical (unpaired) electrons. The predicted molar refractivity (Wildman–Crippen MR) is 115 cm³/mol. The number of guanidine groups is 1. The van der Waals surface area contributed by atoms with Crippen LogP contribution in [0.15, 0.2) is 58.4 Å². The standard InChI is InChI=1S/C22H31FN4O2/c1-3-19(29-20-11-9-10-18(23)16-20)17-26-22(24-4-2)25-13-6-8-15-27-14-7-5-12-21(27)28/h5,7,9-12,14,16,19H,3-4,6,8,13,15,17H2,1-2H3,(H2,24,25,26). The SMILES string of the molecule is CCNC(=NCC(CC)Oc1cccc(F)c1)NCCCCn1ccccc1=O. The van der Waals surface area contributed by atoms with Crippen molar-refractivity contribution in [3.63, 3.8) is 0 Å². The first-order valence-electron chi connectivity index (χ1n) is 10.2. The minimum atomic E-state index is -0.311. The molecule has 0 aliphatic rings. The molecule has 0 bridgehead atoms. The lowest BCUT2D eigenvalue weighted by Crippen LogP contribution is -2.38. The van der Waals surface area contributed by atoms with Crippen LogP contribution in [0.5, 0.6) is 5.75 Å². The number of nitrogens with zero attached hydrogens (tertiary/aromatic N) is 2. The summed E-state index contributed by atoms with van der Waals surface area (Å²) in [6, 6.07) is 11.4. The lowest BCUT2D eigenvalue weighted by atomic mass is 10.2. The summed E-state index contributed by atoms with van der Waals surface area (Å²) < 4.78 is 20.9. The minimum Gasteiger partial charge on any atom is -0.488 e. The van der Waals surface area contributed by atoms with Gasteiger partial charge in [0, 0.05) is 38.0 Å². The summed E-state index contributed by atoms with van der Waals surface area (Å²) in [6.07, 6.45) is 4.27. The minimum absolute atomic E-state index is 0.0271. The average Bonchev–Trinajstić information content (AvgIpc) is 2.72. The van der Waals surface area contributed by atoms with Gasteiger partial charge in [0.05, 0.1) is 6.54 Å². The van der Waals surface area contributed by atoms with Crippen LogP contribution in [0.3, 0.4) is 0 Å². The van der Waals surface area contributed by atoms with Crippen molar-refractivity contribution >= 4 is 5.96 Å². The molecule has 2 N–H and O–H groups in total. The number of hydrogen-bond donors (Lipinski definition) is 2. The Labute approximate surface area is 171 Å². The van der Waals surface area contributed by atoms with Gasteiger partial charge in [-0.1, -0.05) is 19.1 Å². The van der Waals surface area contributed by atoms with Gasteiger partial charge in [-0.2, -0.15) is 0 Å². The summed E-state index contributed by atoms with van der Waals surface area (Å²) in [4.78, 5) is 16.3. The van der Waals surface area contributed by atoms with Crippen molar-refractivity contribution in [1.29, 1.82) is 0 Å². The van der Waals surface area contributed by atoms with Crippen molar-refractivity contribution in [2.75, 3.05) is 19.6 Å². The molecule has 2 aromatic rings. The van der Waals surface area contributed by atoms with Gasteiger partial charge in [-0.3, -0.25) is 4.79 Å². The van der Waals surface area contributed by atoms with E-state index in [1.807, 2.05) is 26.1 Å². The maximum Gasteiger partial charge on any atom is 0.250 e. The Balaban J connectivity index is 1.78. The van der Waals surface area contributed by atoms with E-state index < -0.39 is 0 Å². The van der Waals surface area contributed by atoms with E-state index in [0.29, 0.717) is 18.8 Å². The third kappa shape index (κ3) is 8.37. The van der Waals surface area contributed by atoms with Gasteiger partial charge < -0.3 is 19.9 Å². The third-order valence-electron chi connectivity index (χ3n) is 4.37. The van der Waals surface area contributed by atoms with E-state index in [-0.39, 0.29) is 17.5 Å². The zero-order valence-electron chi connectivity index (χ0n) is 17.2. The quantitative estimate of drug-likeness (QED) is 0.344. The highest BCUT2D eigenvalue weighted by Crippen LogP contribution is 2.15. The molecule has 2 rings (SSSR count). The van der Waals surface area contributed by atoms with Crippen LogP contribution in [0.25, 0.3) is 0 Å². The molecule has 1 heterocycles. The maximum absolute atomic E-state index is 13.3. The molecule has 6 nitrogen and oxygen atoms in total. The van der Waals surface area contributed by atoms with Crippen molar-refractivity contribution in [1.82, 2.24) is 15.2 Å². The number of aromatic nitrogens is 1. The Hall–Kier alpha value is -2.83. The van der Waals surface area contributed by atoms with Crippen LogP contribution in [0.4, 0.5) is 4.39 Å². The smallest absolute Gasteiger partial charge is 0.250 e. The number of aliphatic imine (C=N–C) groups is 1. The summed E-state index contributed by atoms with van der Waals surface area (Å²) in [6.45, 7) is 6.73. The van der Waals surface area contributed by atoms with Gasteiger partial charge in [0.2, 0.25) is 5.56 Å². The van der Waals surface area contributed by atoms with E-state index >= 15 is 0 Å². The highest BCUT2D eigenvalue weighted by atomic mass is 19.1. The Morgan fingerprint density at radius 2 is 2.03 bits per heavy atom. The fourth-order valence-electron chi connectivity index (χ4n) is 2.78. The number of rotatable bonds is 11. The van der Waals surface area contributed by atoms with Crippen LogP contribution in [0.2, 0.25) is 0 Å². The van der Waals surface area contributed by atoms with Gasteiger partial charge in [0.25, 0.3) is 0 Å². The molecule has 1 unspecified atom stereocenters. The molecule has 0 saturated carbocycles. The van der Waals surface area contributed by atoms with Gasteiger partial charge in [-0.15, -0.1) is 0 Å². The van der Waals surface area contributed by atoms with Crippen LogP contribution in [0.1, 0.15) is 33.1 Å². The Morgan fingerprint density at radius 3 is 2.76 bits per heavy atom. The molecule has 0 aliphatic carbocycles. The number of pyridine rings is 1. The second-order valence-corrected chi connectivity index (χ2v) is 6.69. The van der Waals surface area contributed by atoms with Crippen molar-refractivity contribution in [2.45, 2.75) is 45.8 Å². The van der Waals surface area contributed by atoms with Crippen molar-refractivity contribution in [3.05, 3.63) is 64.8 Å². The molecular weight excluding hydrogens is 371 g/mol. The van der Waals surface area contributed by atoms with E-state index in [1.54, 1.807) is 28.8 Å². The number of hydrogen-bond acceptors (Lipinski definition) is 3. The molecule has 0 aliphatic heterocycles. The predicted octanol–water partition coefficient (Wildman–Crippen LogP) is 3.18. The number of halogens is 1. The second-order valence-electron chi connectivity index (χ2n) is 6.69. The Morgan fingerprint density at radius 1 is 1.17 bits per heavy atom. The van der Waals surface area contributed by atoms with Crippen molar-refractivity contribution < 1.29 is 9.13 Å². The molecule has 0 fully saturated rings. The zero-order valence-corrected chi connectivity index (χ0v) is 17.2. The normalized spacial score (nSPS) is 12.4. The molecule has 1 aromatic heterocycles. The zero-order chi connectivity index (χ0) is 20.9. The first-order chi connectivity index (χ1) is 14.1. The molecule has 158 valence electrons. The molecule has 7 heteroatoms. The van der Waals surface area contributed by atoms with E-state index in [1.165, 1.54) is 12.1 Å². The second kappa shape index (κ2) is 12.6. The Kier molecular flexibility index (Phi) is 9.75. The summed E-state index contributed by atoms with van der Waals surface area (Å²) >= 11 is 0. The van der Waals surface area contributed by atoms with Crippen LogP contribution in [0, 0.1) is 5.82 Å². The molecular formula is C22H31FN4O2. The molecule has 1 atom stereocenters. The molecule has 0 amide bonds. The highest BCUT2D eigenvalue weighted by molar-refractivity contribution is 5.79. The number of unbranched alkanes of at least 4 members (excludes halogenated alkanes) is 1. The fraction of sp³-hybridized carbons (Fsp3) is 0.455. The van der Waals surface area contributed by atoms with Gasteiger partial charge in [-0.05, 0) is 44.4 Å². The van der Waals surface area contributed by atoms with Gasteiger partial charge in [-0.25, -0.2) is 9.38 Å². The highest BCUT2D eigenvalue weighted by Gasteiger charge is 2.09. The molecule has 0 saturated heterocycles. The van der Waals surface area contributed by atoms with Crippen molar-refractivity contribution in [3.8, 4) is 5.75 Å². The summed E-state index contributed by atoms with van der Waals surface area (Å²) in [5, 5.41) is 6.53. The van der Waals surface area contributed by atoms with Crippen LogP contribution < -0.4 is 20.9 Å². The summed E-state index contributed by atoms with van der Waals surface area (Å²) in [5.74, 6) is 0.931. The largest absolute Gasteiger partial charge is 0.488 e. The average molecular weight is 403 g/mol. The number of ether oxygens (including phenoxy) is 1. The van der Waals surface area contributed by atoms with Crippen LogP contribution >= 0.6 is 0 Å². The van der Waals surface area contributed by atoms with Gasteiger partial charge in [0.1, 0.15) is 17.7 Å². The molecule has 29 heavy (non-hydrogen) atoms. The number of nitrogens with one attached hydrogen (secondary N) is 2. The fourth-order valence-corrected chi connectivity index (χ4v) is 2.78. The Bertz CT molecular complexity index is 822. The van der Waals surface area contributed by atoms with E-state index in [2.05, 4.69) is 15.6 Å². The molecule has 0 spiro atoms. The van der Waals surface area contributed by atoms with Gasteiger partial charge in [0.15, 0.2) is 5.96 Å². The maximum atomic E-state index is 13.3. The first-order valence-corrected chi connectivity index (χ1v) is 10.2. The number of benzene rings is 1. The van der Waals surface area contributed by atoms with Crippen molar-refractivity contribution in [2.24, 2.45) is 4.99 Å². The topological polar surface area (TPSA) is 67.7 Å². The van der Waals surface area contributed by atoms with E-state index in [4.69, 9.17) is 4.74 Å². The summed E-state index contributed by atoms with van der Waals surface area (Å²) in [5.41, 5.74) is 0.0271. The lowest BCUT2D eigenvalue weighted by Gasteiger charge is -2.17. The van der Waals surface area contributed by atoms with Crippen LogP contribution in [-0.2, 0) is 6.54 Å². The van der Waals surface area contributed by atoms with Crippen LogP contribution in [-0.4, -0.2) is 36.3 Å². The summed E-state index contributed by atoms with van der Waals surface area (Å²) in [7, 11) is 0. The van der Waals surface area contributed by atoms with E-state index in [9.17, 15) is 9.18 Å². The van der Waals surface area contributed by atoms with E-state index in [0.717, 1.165) is 38.3 Å². The lowest BCUT2D eigenvalue weighted by molar-refractivity contribution is 0.205. The molecule has 1 aromatic carbocycles. The number of aryl methyl sites for hydroxylation is 1.